The highest BCUT2D eigenvalue weighted by Gasteiger charge is 2.22. The second-order valence-corrected chi connectivity index (χ2v) is 6.12. The molecule has 0 amide bonds. The van der Waals surface area contributed by atoms with Gasteiger partial charge < -0.3 is 9.84 Å². The molecule has 0 radical (unpaired) electrons. The summed E-state index contributed by atoms with van der Waals surface area (Å²) in [6, 6.07) is 19.9. The Hall–Kier alpha value is -3.02. The minimum atomic E-state index is -0.594. The third-order valence-electron chi connectivity index (χ3n) is 4.60. The molecule has 0 fully saturated rings. The van der Waals surface area contributed by atoms with Crippen molar-refractivity contribution in [1.82, 2.24) is 0 Å². The first-order valence-electron chi connectivity index (χ1n) is 8.30. The van der Waals surface area contributed by atoms with Crippen LogP contribution in [0, 0.1) is 17.8 Å². The molecule has 3 aromatic rings. The molecule has 0 bridgehead atoms. The first-order chi connectivity index (χ1) is 12.3. The van der Waals surface area contributed by atoms with Gasteiger partial charge in [0.1, 0.15) is 5.75 Å². The Morgan fingerprint density at radius 3 is 2.76 bits per heavy atom. The van der Waals surface area contributed by atoms with Crippen LogP contribution in [0.2, 0.25) is 0 Å². The van der Waals surface area contributed by atoms with Gasteiger partial charge in [-0.1, -0.05) is 60.4 Å². The van der Waals surface area contributed by atoms with Gasteiger partial charge in [0.05, 0.1) is 19.1 Å². The second-order valence-electron chi connectivity index (χ2n) is 6.12. The quantitative estimate of drug-likeness (QED) is 0.664. The normalized spacial score (nSPS) is 18.3. The molecule has 2 heteroatoms. The molecule has 0 spiro atoms. The third kappa shape index (κ3) is 2.91. The lowest BCUT2D eigenvalue weighted by Crippen LogP contribution is -2.13. The first-order valence-corrected chi connectivity index (χ1v) is 8.30. The molecular weight excluding hydrogens is 308 g/mol. The number of hydrogen-bond donors (Lipinski definition) is 1. The van der Waals surface area contributed by atoms with Crippen LogP contribution in [0.4, 0.5) is 0 Å². The molecule has 0 aliphatic heterocycles. The lowest BCUT2D eigenvalue weighted by Gasteiger charge is -2.21. The number of hydrogen-bond acceptors (Lipinski definition) is 2. The molecule has 1 aliphatic rings. The van der Waals surface area contributed by atoms with Gasteiger partial charge in [0.15, 0.2) is 0 Å². The summed E-state index contributed by atoms with van der Waals surface area (Å²) in [7, 11) is 1.67. The van der Waals surface area contributed by atoms with Gasteiger partial charge in [-0.3, -0.25) is 0 Å². The molecule has 0 unspecified atom stereocenters. The van der Waals surface area contributed by atoms with E-state index >= 15 is 0 Å². The smallest absolute Gasteiger partial charge is 0.119 e. The molecule has 0 saturated heterocycles. The number of aliphatic hydroxyl groups is 1. The van der Waals surface area contributed by atoms with E-state index in [4.69, 9.17) is 4.74 Å². The predicted octanol–water partition coefficient (Wildman–Crippen LogP) is 4.58. The molecule has 0 aromatic heterocycles. The fraction of sp³-hybridized carbons (Fsp3) is 0.130. The summed E-state index contributed by atoms with van der Waals surface area (Å²) in [5.41, 5.74) is 2.96. The monoisotopic (exact) mass is 326 g/mol. The first kappa shape index (κ1) is 15.5. The largest absolute Gasteiger partial charge is 0.497 e. The molecule has 3 aromatic carbocycles. The summed E-state index contributed by atoms with van der Waals surface area (Å²) in [5, 5.41) is 12.8. The van der Waals surface area contributed by atoms with E-state index in [9.17, 15) is 5.11 Å². The van der Waals surface area contributed by atoms with Crippen LogP contribution in [0.5, 0.6) is 5.75 Å². The number of rotatable bonds is 1. The number of fused-ring (bicyclic) bond motifs is 2. The Kier molecular flexibility index (Phi) is 4.01. The van der Waals surface area contributed by atoms with Crippen LogP contribution in [0.3, 0.4) is 0 Å². The van der Waals surface area contributed by atoms with Crippen molar-refractivity contribution in [3.63, 3.8) is 0 Å². The van der Waals surface area contributed by atoms with Gasteiger partial charge in [-0.05, 0) is 46.2 Å². The molecule has 0 saturated carbocycles. The Labute approximate surface area is 147 Å². The van der Waals surface area contributed by atoms with Crippen LogP contribution in [0.1, 0.15) is 22.8 Å². The third-order valence-corrected chi connectivity index (χ3v) is 4.60. The molecule has 1 N–H and O–H groups in total. The van der Waals surface area contributed by atoms with Gasteiger partial charge in [0.2, 0.25) is 0 Å². The SMILES string of the molecule is COc1ccc2c(C#C[C@H]3C=Cc4ccccc4[C@H]3O)cccc2c1. The standard InChI is InChI=1S/C23H18O2/c1-25-20-13-14-21-16(6-4-7-19(21)15-20)9-11-18-12-10-17-5-2-3-8-22(17)23(18)24/h2-8,10,12-15,18,23-24H,1H3/t18-,23-/m0/s1. The topological polar surface area (TPSA) is 29.5 Å². The van der Waals surface area contributed by atoms with Gasteiger partial charge in [-0.15, -0.1) is 0 Å². The Bertz CT molecular complexity index is 1020. The van der Waals surface area contributed by atoms with Crippen molar-refractivity contribution in [1.29, 1.82) is 0 Å². The van der Waals surface area contributed by atoms with Crippen LogP contribution in [0.25, 0.3) is 16.8 Å². The fourth-order valence-corrected chi connectivity index (χ4v) is 3.22. The summed E-state index contributed by atoms with van der Waals surface area (Å²) in [4.78, 5) is 0. The van der Waals surface area contributed by atoms with E-state index < -0.39 is 6.10 Å². The Balaban J connectivity index is 1.70. The molecule has 2 atom stereocenters. The van der Waals surface area contributed by atoms with E-state index in [0.29, 0.717) is 0 Å². The van der Waals surface area contributed by atoms with Gasteiger partial charge >= 0.3 is 0 Å². The maximum atomic E-state index is 10.6. The molecule has 2 nitrogen and oxygen atoms in total. The van der Waals surface area contributed by atoms with Gasteiger partial charge in [0, 0.05) is 5.56 Å². The summed E-state index contributed by atoms with van der Waals surface area (Å²) >= 11 is 0. The van der Waals surface area contributed by atoms with Gasteiger partial charge in [-0.2, -0.15) is 0 Å². The molecular formula is C23H18O2. The molecule has 0 heterocycles. The highest BCUT2D eigenvalue weighted by atomic mass is 16.5. The molecule has 4 rings (SSSR count). The molecule has 25 heavy (non-hydrogen) atoms. The van der Waals surface area contributed by atoms with Crippen molar-refractivity contribution in [2.45, 2.75) is 6.10 Å². The van der Waals surface area contributed by atoms with Crippen molar-refractivity contribution >= 4 is 16.8 Å². The lowest BCUT2D eigenvalue weighted by molar-refractivity contribution is 0.153. The highest BCUT2D eigenvalue weighted by Crippen LogP contribution is 2.31. The average molecular weight is 326 g/mol. The highest BCUT2D eigenvalue weighted by molar-refractivity contribution is 5.89. The Morgan fingerprint density at radius 2 is 1.88 bits per heavy atom. The van der Waals surface area contributed by atoms with Crippen molar-refractivity contribution in [3.8, 4) is 17.6 Å². The number of aliphatic hydroxyl groups excluding tert-OH is 1. The number of methoxy groups -OCH3 is 1. The van der Waals surface area contributed by atoms with Crippen molar-refractivity contribution < 1.29 is 9.84 Å². The minimum Gasteiger partial charge on any atom is -0.497 e. The van der Waals surface area contributed by atoms with E-state index in [-0.39, 0.29) is 5.92 Å². The predicted molar refractivity (Wildman–Crippen MR) is 101 cm³/mol. The molecule has 1 aliphatic carbocycles. The van der Waals surface area contributed by atoms with E-state index in [1.165, 1.54) is 0 Å². The van der Waals surface area contributed by atoms with Gasteiger partial charge in [0.25, 0.3) is 0 Å². The maximum Gasteiger partial charge on any atom is 0.119 e. The van der Waals surface area contributed by atoms with Crippen LogP contribution in [0.15, 0.2) is 66.7 Å². The minimum absolute atomic E-state index is 0.205. The zero-order chi connectivity index (χ0) is 17.2. The van der Waals surface area contributed by atoms with E-state index in [1.807, 2.05) is 66.7 Å². The zero-order valence-electron chi connectivity index (χ0n) is 13.9. The van der Waals surface area contributed by atoms with E-state index in [1.54, 1.807) is 7.11 Å². The van der Waals surface area contributed by atoms with E-state index in [2.05, 4.69) is 17.9 Å². The average Bonchev–Trinajstić information content (AvgIpc) is 2.67. The van der Waals surface area contributed by atoms with Crippen molar-refractivity contribution in [3.05, 3.63) is 83.4 Å². The van der Waals surface area contributed by atoms with Crippen LogP contribution in [-0.4, -0.2) is 12.2 Å². The summed E-state index contributed by atoms with van der Waals surface area (Å²) in [6.45, 7) is 0. The number of benzene rings is 3. The summed E-state index contributed by atoms with van der Waals surface area (Å²) < 4.78 is 5.29. The van der Waals surface area contributed by atoms with Crippen LogP contribution < -0.4 is 4.74 Å². The second kappa shape index (κ2) is 6.47. The maximum absolute atomic E-state index is 10.6. The summed E-state index contributed by atoms with van der Waals surface area (Å²) in [6.07, 6.45) is 3.42. The van der Waals surface area contributed by atoms with Crippen LogP contribution in [-0.2, 0) is 0 Å². The fourth-order valence-electron chi connectivity index (χ4n) is 3.22. The van der Waals surface area contributed by atoms with Gasteiger partial charge in [-0.25, -0.2) is 0 Å². The lowest BCUT2D eigenvalue weighted by atomic mass is 9.87. The number of ether oxygens (including phenoxy) is 1. The van der Waals surface area contributed by atoms with Crippen molar-refractivity contribution in [2.24, 2.45) is 5.92 Å². The van der Waals surface area contributed by atoms with Crippen LogP contribution >= 0.6 is 0 Å². The van der Waals surface area contributed by atoms with Crippen molar-refractivity contribution in [2.75, 3.05) is 7.11 Å². The van der Waals surface area contributed by atoms with E-state index in [0.717, 1.165) is 33.2 Å². The zero-order valence-corrected chi connectivity index (χ0v) is 13.9. The molecule has 122 valence electrons. The summed E-state index contributed by atoms with van der Waals surface area (Å²) in [5.74, 6) is 7.11. The Morgan fingerprint density at radius 1 is 1.00 bits per heavy atom.